The van der Waals surface area contributed by atoms with Crippen molar-refractivity contribution >= 4 is 11.9 Å². The van der Waals surface area contributed by atoms with Gasteiger partial charge in [-0.25, -0.2) is 4.79 Å². The SMILES string of the molecule is CCC(C(=O)O)C(O)(OC)C(=O)O. The number of hydrogen-bond donors (Lipinski definition) is 3. The van der Waals surface area contributed by atoms with E-state index in [2.05, 4.69) is 4.74 Å². The first kappa shape index (κ1) is 11.9. The van der Waals surface area contributed by atoms with E-state index in [9.17, 15) is 14.7 Å². The third-order valence-electron chi connectivity index (χ3n) is 1.80. The van der Waals surface area contributed by atoms with Crippen molar-refractivity contribution in [1.82, 2.24) is 0 Å². The topological polar surface area (TPSA) is 104 Å². The summed E-state index contributed by atoms with van der Waals surface area (Å²) in [6, 6.07) is 0. The van der Waals surface area contributed by atoms with Crippen LogP contribution in [0.25, 0.3) is 0 Å². The maximum atomic E-state index is 10.5. The van der Waals surface area contributed by atoms with Gasteiger partial charge in [-0.2, -0.15) is 0 Å². The fourth-order valence-electron chi connectivity index (χ4n) is 0.997. The lowest BCUT2D eigenvalue weighted by molar-refractivity contribution is -0.237. The molecule has 76 valence electrons. The highest BCUT2D eigenvalue weighted by Crippen LogP contribution is 2.22. The molecule has 0 amide bonds. The van der Waals surface area contributed by atoms with Crippen LogP contribution in [0.15, 0.2) is 0 Å². The Morgan fingerprint density at radius 1 is 1.46 bits per heavy atom. The van der Waals surface area contributed by atoms with Crippen LogP contribution in [0.1, 0.15) is 13.3 Å². The lowest BCUT2D eigenvalue weighted by atomic mass is 9.96. The smallest absolute Gasteiger partial charge is 0.365 e. The summed E-state index contributed by atoms with van der Waals surface area (Å²) in [6.07, 6.45) is -0.0357. The summed E-state index contributed by atoms with van der Waals surface area (Å²) in [5.41, 5.74) is 0. The Hall–Kier alpha value is -1.14. The maximum Gasteiger partial charge on any atom is 0.365 e. The van der Waals surface area contributed by atoms with Crippen molar-refractivity contribution in [2.45, 2.75) is 19.1 Å². The fourth-order valence-corrected chi connectivity index (χ4v) is 0.997. The predicted molar refractivity (Wildman–Crippen MR) is 41.0 cm³/mol. The zero-order chi connectivity index (χ0) is 10.6. The monoisotopic (exact) mass is 192 g/mol. The molecule has 2 unspecified atom stereocenters. The van der Waals surface area contributed by atoms with E-state index < -0.39 is 23.6 Å². The summed E-state index contributed by atoms with van der Waals surface area (Å²) in [7, 11) is 0.944. The molecule has 0 spiro atoms. The van der Waals surface area contributed by atoms with Gasteiger partial charge in [0.25, 0.3) is 5.79 Å². The molecule has 0 bridgehead atoms. The van der Waals surface area contributed by atoms with Gasteiger partial charge in [-0.15, -0.1) is 0 Å². The Kier molecular flexibility index (Phi) is 3.83. The molecule has 0 saturated heterocycles. The first-order valence-electron chi connectivity index (χ1n) is 3.63. The van der Waals surface area contributed by atoms with Gasteiger partial charge in [-0.1, -0.05) is 6.92 Å². The minimum absolute atomic E-state index is 0.0357. The van der Waals surface area contributed by atoms with E-state index in [0.717, 1.165) is 7.11 Å². The van der Waals surface area contributed by atoms with Gasteiger partial charge in [-0.3, -0.25) is 4.79 Å². The highest BCUT2D eigenvalue weighted by molar-refractivity contribution is 5.84. The number of carbonyl (C=O) groups is 2. The molecular weight excluding hydrogens is 180 g/mol. The summed E-state index contributed by atoms with van der Waals surface area (Å²) in [5, 5.41) is 26.5. The Morgan fingerprint density at radius 2 is 1.92 bits per heavy atom. The first-order chi connectivity index (χ1) is 5.90. The molecule has 0 fully saturated rings. The maximum absolute atomic E-state index is 10.5. The number of aliphatic carboxylic acids is 2. The number of rotatable bonds is 5. The molecule has 0 saturated carbocycles. The van der Waals surface area contributed by atoms with Crippen LogP contribution >= 0.6 is 0 Å². The van der Waals surface area contributed by atoms with Gasteiger partial charge in [-0.05, 0) is 6.42 Å². The zero-order valence-corrected chi connectivity index (χ0v) is 7.35. The summed E-state index contributed by atoms with van der Waals surface area (Å²) in [5.74, 6) is -7.24. The summed E-state index contributed by atoms with van der Waals surface area (Å²) in [4.78, 5) is 21.1. The van der Waals surface area contributed by atoms with Crippen LogP contribution in [-0.4, -0.2) is 40.2 Å². The number of carboxylic acid groups (broad SMARTS) is 2. The molecule has 0 aliphatic carbocycles. The van der Waals surface area contributed by atoms with Crippen molar-refractivity contribution in [1.29, 1.82) is 0 Å². The minimum Gasteiger partial charge on any atom is -0.481 e. The van der Waals surface area contributed by atoms with Gasteiger partial charge in [0.1, 0.15) is 5.92 Å². The minimum atomic E-state index is -2.65. The van der Waals surface area contributed by atoms with E-state index in [1.165, 1.54) is 6.92 Å². The Labute approximate surface area is 74.7 Å². The molecule has 0 radical (unpaired) electrons. The van der Waals surface area contributed by atoms with Crippen molar-refractivity contribution in [2.75, 3.05) is 7.11 Å². The second kappa shape index (κ2) is 4.20. The largest absolute Gasteiger partial charge is 0.481 e. The van der Waals surface area contributed by atoms with Gasteiger partial charge in [0.2, 0.25) is 0 Å². The normalized spacial score (nSPS) is 17.5. The molecule has 2 atom stereocenters. The number of methoxy groups -OCH3 is 1. The van der Waals surface area contributed by atoms with Crippen LogP contribution in [0.4, 0.5) is 0 Å². The average Bonchev–Trinajstić information content (AvgIpc) is 2.04. The predicted octanol–water partition coefficient (Wildman–Crippen LogP) is -0.483. The second-order valence-electron chi connectivity index (χ2n) is 2.50. The van der Waals surface area contributed by atoms with Crippen molar-refractivity contribution in [3.8, 4) is 0 Å². The molecule has 0 heterocycles. The molecule has 6 heteroatoms. The fraction of sp³-hybridized carbons (Fsp3) is 0.714. The molecule has 0 aromatic carbocycles. The van der Waals surface area contributed by atoms with Crippen molar-refractivity contribution in [3.05, 3.63) is 0 Å². The molecule has 0 aliphatic rings. The summed E-state index contributed by atoms with van der Waals surface area (Å²) in [6.45, 7) is 1.45. The van der Waals surface area contributed by atoms with E-state index in [0.29, 0.717) is 0 Å². The number of aliphatic hydroxyl groups is 1. The van der Waals surface area contributed by atoms with E-state index in [1.54, 1.807) is 0 Å². The Balaban J connectivity index is 4.91. The molecule has 0 aromatic heterocycles. The van der Waals surface area contributed by atoms with Crippen molar-refractivity contribution in [2.24, 2.45) is 5.92 Å². The number of ether oxygens (including phenoxy) is 1. The molecule has 6 nitrogen and oxygen atoms in total. The molecule has 0 aromatic rings. The lowest BCUT2D eigenvalue weighted by Crippen LogP contribution is -2.50. The van der Waals surface area contributed by atoms with Crippen molar-refractivity contribution < 1.29 is 29.6 Å². The highest BCUT2D eigenvalue weighted by atomic mass is 16.6. The molecular formula is C7H12O6. The second-order valence-corrected chi connectivity index (χ2v) is 2.50. The summed E-state index contributed by atoms with van der Waals surface area (Å²) < 4.78 is 4.29. The molecule has 0 rings (SSSR count). The summed E-state index contributed by atoms with van der Waals surface area (Å²) >= 11 is 0. The zero-order valence-electron chi connectivity index (χ0n) is 7.35. The lowest BCUT2D eigenvalue weighted by Gasteiger charge is -2.26. The van der Waals surface area contributed by atoms with E-state index in [1.807, 2.05) is 0 Å². The Morgan fingerprint density at radius 3 is 2.00 bits per heavy atom. The van der Waals surface area contributed by atoms with Gasteiger partial charge >= 0.3 is 11.9 Å². The van der Waals surface area contributed by atoms with E-state index >= 15 is 0 Å². The Bertz CT molecular complexity index is 213. The third kappa shape index (κ3) is 2.16. The van der Waals surface area contributed by atoms with Crippen LogP contribution in [0, 0.1) is 5.92 Å². The van der Waals surface area contributed by atoms with Crippen LogP contribution in [-0.2, 0) is 14.3 Å². The molecule has 0 aliphatic heterocycles. The molecule has 13 heavy (non-hydrogen) atoms. The quantitative estimate of drug-likeness (QED) is 0.508. The highest BCUT2D eigenvalue weighted by Gasteiger charge is 2.48. The number of carboxylic acids is 2. The third-order valence-corrected chi connectivity index (χ3v) is 1.80. The van der Waals surface area contributed by atoms with E-state index in [-0.39, 0.29) is 6.42 Å². The average molecular weight is 192 g/mol. The van der Waals surface area contributed by atoms with Crippen LogP contribution in [0.2, 0.25) is 0 Å². The van der Waals surface area contributed by atoms with Crippen LogP contribution < -0.4 is 0 Å². The van der Waals surface area contributed by atoms with E-state index in [4.69, 9.17) is 10.2 Å². The van der Waals surface area contributed by atoms with Crippen LogP contribution in [0.5, 0.6) is 0 Å². The number of hydrogen-bond acceptors (Lipinski definition) is 4. The first-order valence-corrected chi connectivity index (χ1v) is 3.63. The van der Waals surface area contributed by atoms with Gasteiger partial charge in [0.05, 0.1) is 0 Å². The van der Waals surface area contributed by atoms with Crippen LogP contribution in [0.3, 0.4) is 0 Å². The standard InChI is InChI=1S/C7H12O6/c1-3-4(5(8)9)7(12,13-2)6(10)11/h4,12H,3H2,1-2H3,(H,8,9)(H,10,11). The van der Waals surface area contributed by atoms with Gasteiger partial charge in [0.15, 0.2) is 0 Å². The molecule has 3 N–H and O–H groups in total. The van der Waals surface area contributed by atoms with Crippen molar-refractivity contribution in [3.63, 3.8) is 0 Å². The van der Waals surface area contributed by atoms with Gasteiger partial charge < -0.3 is 20.1 Å². The van der Waals surface area contributed by atoms with Gasteiger partial charge in [0, 0.05) is 7.11 Å².